The first-order valence-corrected chi connectivity index (χ1v) is 5.32. The van der Waals surface area contributed by atoms with Crippen molar-refractivity contribution in [3.05, 3.63) is 53.1 Å². The summed E-state index contributed by atoms with van der Waals surface area (Å²) in [6, 6.07) is 5.99. The van der Waals surface area contributed by atoms with Gasteiger partial charge in [0.2, 0.25) is 0 Å². The Bertz CT molecular complexity index is 466. The number of nitrogens with one attached hydrogen (secondary N) is 1. The van der Waals surface area contributed by atoms with Crippen LogP contribution in [0.1, 0.15) is 29.4 Å². The van der Waals surface area contributed by atoms with E-state index in [1.807, 2.05) is 32.0 Å². The lowest BCUT2D eigenvalue weighted by Gasteiger charge is -2.25. The lowest BCUT2D eigenvalue weighted by molar-refractivity contribution is 0.0918. The third-order valence-corrected chi connectivity index (χ3v) is 2.93. The fraction of sp³-hybridized carbons (Fsp3) is 0.308. The number of benzene rings is 1. The minimum Gasteiger partial charge on any atom is -0.377 e. The minimum atomic E-state index is -1.07. The minimum absolute atomic E-state index is 0.574. The van der Waals surface area contributed by atoms with Crippen molar-refractivity contribution in [3.63, 3.8) is 0 Å². The summed E-state index contributed by atoms with van der Waals surface area (Å²) >= 11 is 0. The normalized spacial score (nSPS) is 14.8. The zero-order chi connectivity index (χ0) is 11.8. The van der Waals surface area contributed by atoms with Crippen LogP contribution in [0.25, 0.3) is 0 Å². The molecule has 1 heterocycles. The molecule has 0 fully saturated rings. The highest BCUT2D eigenvalue weighted by Gasteiger charge is 2.31. The van der Waals surface area contributed by atoms with Crippen LogP contribution in [0.15, 0.2) is 30.6 Å². The second-order valence-electron chi connectivity index (χ2n) is 4.28. The number of aliphatic hydroxyl groups is 1. The third-order valence-electron chi connectivity index (χ3n) is 2.93. The average Bonchev–Trinajstić information content (AvgIpc) is 2.69. The molecule has 16 heavy (non-hydrogen) atoms. The van der Waals surface area contributed by atoms with E-state index in [-0.39, 0.29) is 0 Å². The Hall–Kier alpha value is -1.61. The zero-order valence-corrected chi connectivity index (χ0v) is 9.78. The molecule has 2 N–H and O–H groups in total. The molecular weight excluding hydrogens is 200 g/mol. The van der Waals surface area contributed by atoms with Crippen molar-refractivity contribution in [3.8, 4) is 0 Å². The van der Waals surface area contributed by atoms with E-state index in [1.54, 1.807) is 19.3 Å². The van der Waals surface area contributed by atoms with E-state index in [0.717, 1.165) is 16.7 Å². The van der Waals surface area contributed by atoms with Gasteiger partial charge in [-0.1, -0.05) is 18.2 Å². The van der Waals surface area contributed by atoms with Crippen molar-refractivity contribution in [2.24, 2.45) is 0 Å². The maximum absolute atomic E-state index is 10.6. The van der Waals surface area contributed by atoms with Gasteiger partial charge in [-0.05, 0) is 37.5 Å². The van der Waals surface area contributed by atoms with Gasteiger partial charge in [0.25, 0.3) is 0 Å². The SMILES string of the molecule is Cc1cccc(C)c1C(C)(O)c1ncc[nH]1. The van der Waals surface area contributed by atoms with E-state index in [9.17, 15) is 5.11 Å². The number of hydrogen-bond donors (Lipinski definition) is 2. The number of imidazole rings is 1. The Morgan fingerprint density at radius 2 is 1.88 bits per heavy atom. The van der Waals surface area contributed by atoms with Gasteiger partial charge >= 0.3 is 0 Å². The third kappa shape index (κ3) is 1.63. The Morgan fingerprint density at radius 1 is 1.25 bits per heavy atom. The molecule has 0 spiro atoms. The summed E-state index contributed by atoms with van der Waals surface area (Å²) in [7, 11) is 0. The second-order valence-corrected chi connectivity index (χ2v) is 4.28. The molecule has 1 atom stereocenters. The van der Waals surface area contributed by atoms with Gasteiger partial charge in [0.15, 0.2) is 0 Å². The molecule has 0 aliphatic heterocycles. The van der Waals surface area contributed by atoms with Gasteiger partial charge in [0.1, 0.15) is 11.4 Å². The molecule has 0 aliphatic carbocycles. The van der Waals surface area contributed by atoms with Gasteiger partial charge < -0.3 is 10.1 Å². The summed E-state index contributed by atoms with van der Waals surface area (Å²) in [5.74, 6) is 0.574. The van der Waals surface area contributed by atoms with E-state index in [1.165, 1.54) is 0 Å². The van der Waals surface area contributed by atoms with Crippen LogP contribution in [0.5, 0.6) is 0 Å². The van der Waals surface area contributed by atoms with Gasteiger partial charge in [-0.2, -0.15) is 0 Å². The predicted molar refractivity (Wildman–Crippen MR) is 63.2 cm³/mol. The molecule has 2 aromatic rings. The van der Waals surface area contributed by atoms with E-state index < -0.39 is 5.60 Å². The number of H-pyrrole nitrogens is 1. The lowest BCUT2D eigenvalue weighted by atomic mass is 9.87. The van der Waals surface area contributed by atoms with Crippen molar-refractivity contribution >= 4 is 0 Å². The molecule has 1 unspecified atom stereocenters. The van der Waals surface area contributed by atoms with Crippen molar-refractivity contribution in [1.29, 1.82) is 0 Å². The molecule has 1 aromatic heterocycles. The molecule has 0 saturated heterocycles. The Morgan fingerprint density at radius 3 is 2.38 bits per heavy atom. The highest BCUT2D eigenvalue weighted by molar-refractivity contribution is 5.41. The summed E-state index contributed by atoms with van der Waals surface area (Å²) in [5.41, 5.74) is 1.99. The fourth-order valence-electron chi connectivity index (χ4n) is 2.23. The first-order valence-electron chi connectivity index (χ1n) is 5.32. The number of hydrogen-bond acceptors (Lipinski definition) is 2. The molecule has 2 rings (SSSR count). The zero-order valence-electron chi connectivity index (χ0n) is 9.78. The molecule has 0 amide bonds. The molecular formula is C13H16N2O. The summed E-state index contributed by atoms with van der Waals surface area (Å²) in [6.45, 7) is 5.76. The quantitative estimate of drug-likeness (QED) is 0.809. The van der Waals surface area contributed by atoms with Gasteiger partial charge in [-0.15, -0.1) is 0 Å². The largest absolute Gasteiger partial charge is 0.377 e. The summed E-state index contributed by atoms with van der Waals surface area (Å²) in [6.07, 6.45) is 3.37. The fourth-order valence-corrected chi connectivity index (χ4v) is 2.23. The number of aromatic nitrogens is 2. The van der Waals surface area contributed by atoms with Crippen LogP contribution >= 0.6 is 0 Å². The highest BCUT2D eigenvalue weighted by atomic mass is 16.3. The van der Waals surface area contributed by atoms with Crippen LogP contribution in [0.3, 0.4) is 0 Å². The topological polar surface area (TPSA) is 48.9 Å². The van der Waals surface area contributed by atoms with Gasteiger partial charge in [0.05, 0.1) is 0 Å². The summed E-state index contributed by atoms with van der Waals surface area (Å²) in [5, 5.41) is 10.6. The maximum Gasteiger partial charge on any atom is 0.145 e. The van der Waals surface area contributed by atoms with E-state index >= 15 is 0 Å². The number of nitrogens with zero attached hydrogens (tertiary/aromatic N) is 1. The molecule has 84 valence electrons. The predicted octanol–water partition coefficient (Wildman–Crippen LogP) is 2.28. The molecule has 0 bridgehead atoms. The Kier molecular flexibility index (Phi) is 2.56. The van der Waals surface area contributed by atoms with Crippen molar-refractivity contribution in [1.82, 2.24) is 9.97 Å². The number of rotatable bonds is 2. The average molecular weight is 216 g/mol. The van der Waals surface area contributed by atoms with Crippen LogP contribution < -0.4 is 0 Å². The molecule has 3 nitrogen and oxygen atoms in total. The van der Waals surface area contributed by atoms with E-state index in [2.05, 4.69) is 9.97 Å². The first-order chi connectivity index (χ1) is 7.53. The van der Waals surface area contributed by atoms with Crippen molar-refractivity contribution < 1.29 is 5.11 Å². The standard InChI is InChI=1S/C13H16N2O/c1-9-5-4-6-10(2)11(9)13(3,16)12-14-7-8-15-12/h4-8,16H,1-3H3,(H,14,15). The monoisotopic (exact) mass is 216 g/mol. The second kappa shape index (κ2) is 3.76. The van der Waals surface area contributed by atoms with Gasteiger partial charge in [0, 0.05) is 12.4 Å². The highest BCUT2D eigenvalue weighted by Crippen LogP contribution is 2.31. The van der Waals surface area contributed by atoms with Gasteiger partial charge in [-0.25, -0.2) is 4.98 Å². The molecule has 1 aromatic carbocycles. The summed E-state index contributed by atoms with van der Waals surface area (Å²) in [4.78, 5) is 7.11. The molecule has 3 heteroatoms. The number of aryl methyl sites for hydroxylation is 2. The van der Waals surface area contributed by atoms with Crippen LogP contribution in [0.2, 0.25) is 0 Å². The first kappa shape index (κ1) is 10.9. The van der Waals surface area contributed by atoms with Crippen LogP contribution in [-0.2, 0) is 5.60 Å². The molecule has 0 saturated carbocycles. The summed E-state index contributed by atoms with van der Waals surface area (Å²) < 4.78 is 0. The van der Waals surface area contributed by atoms with Crippen LogP contribution in [-0.4, -0.2) is 15.1 Å². The van der Waals surface area contributed by atoms with Crippen LogP contribution in [0, 0.1) is 13.8 Å². The van der Waals surface area contributed by atoms with Crippen molar-refractivity contribution in [2.45, 2.75) is 26.4 Å². The smallest absolute Gasteiger partial charge is 0.145 e. The molecule has 0 aliphatic rings. The van der Waals surface area contributed by atoms with Crippen LogP contribution in [0.4, 0.5) is 0 Å². The van der Waals surface area contributed by atoms with Gasteiger partial charge in [-0.3, -0.25) is 0 Å². The maximum atomic E-state index is 10.6. The van der Waals surface area contributed by atoms with E-state index in [4.69, 9.17) is 0 Å². The lowest BCUT2D eigenvalue weighted by Crippen LogP contribution is -2.26. The number of aromatic amines is 1. The van der Waals surface area contributed by atoms with E-state index in [0.29, 0.717) is 5.82 Å². The van der Waals surface area contributed by atoms with Crippen molar-refractivity contribution in [2.75, 3.05) is 0 Å². The Labute approximate surface area is 95.2 Å². The Balaban J connectivity index is 2.60. The molecule has 0 radical (unpaired) electrons.